The first-order chi connectivity index (χ1) is 8.45. The number of hydrogen-bond acceptors (Lipinski definition) is 4. The van der Waals surface area contributed by atoms with Crippen LogP contribution in [0.15, 0.2) is 0 Å². The van der Waals surface area contributed by atoms with Crippen molar-refractivity contribution in [3.63, 3.8) is 0 Å². The molecule has 1 aliphatic rings. The smallest absolute Gasteiger partial charge is 0.243 e. The summed E-state index contributed by atoms with van der Waals surface area (Å²) in [5.41, 5.74) is 5.19. The van der Waals surface area contributed by atoms with Gasteiger partial charge in [0.2, 0.25) is 17.7 Å². The lowest BCUT2D eigenvalue weighted by Crippen LogP contribution is -2.53. The number of rotatable bonds is 5. The minimum atomic E-state index is -0.894. The third-order valence-electron chi connectivity index (χ3n) is 2.90. The summed E-state index contributed by atoms with van der Waals surface area (Å²) < 4.78 is 0. The highest BCUT2D eigenvalue weighted by Crippen LogP contribution is 2.10. The number of carbonyl (C=O) groups is 3. The van der Waals surface area contributed by atoms with E-state index in [-0.39, 0.29) is 18.2 Å². The average molecular weight is 252 g/mol. The van der Waals surface area contributed by atoms with Crippen LogP contribution in [-0.4, -0.2) is 29.8 Å². The van der Waals surface area contributed by atoms with Gasteiger partial charge in [0.15, 0.2) is 0 Å². The van der Waals surface area contributed by atoms with E-state index in [1.165, 1.54) is 0 Å². The van der Waals surface area contributed by atoms with Gasteiger partial charge in [0.1, 0.15) is 12.1 Å². The van der Waals surface area contributed by atoms with Gasteiger partial charge >= 0.3 is 0 Å². The van der Waals surface area contributed by atoms with Gasteiger partial charge < -0.3 is 16.4 Å². The number of amides is 3. The van der Waals surface area contributed by atoms with Crippen LogP contribution in [0.1, 0.15) is 26.2 Å². The Kier molecular flexibility index (Phi) is 4.66. The zero-order valence-electron chi connectivity index (χ0n) is 10.1. The van der Waals surface area contributed by atoms with E-state index in [9.17, 15) is 14.4 Å². The van der Waals surface area contributed by atoms with E-state index in [0.717, 1.165) is 0 Å². The summed E-state index contributed by atoms with van der Waals surface area (Å²) in [6, 6.07) is 0.413. The Balaban J connectivity index is 2.61. The van der Waals surface area contributed by atoms with Gasteiger partial charge in [0, 0.05) is 12.8 Å². The van der Waals surface area contributed by atoms with Gasteiger partial charge in [0.05, 0.1) is 6.07 Å². The van der Waals surface area contributed by atoms with Crippen molar-refractivity contribution in [3.05, 3.63) is 0 Å². The summed E-state index contributed by atoms with van der Waals surface area (Å²) in [4.78, 5) is 34.0. The minimum Gasteiger partial charge on any atom is -0.368 e. The standard InChI is InChI=1S/C11H16N4O3/c1-6(4-5-12)9(10(13)17)15-11(18)7-2-3-8(16)14-7/h6-7,9H,2-4H2,1H3,(H2,13,17)(H,14,16)(H,15,18)/t6-,7-,9+/m0/s1. The number of nitriles is 1. The first kappa shape index (κ1) is 14.0. The Morgan fingerprint density at radius 3 is 2.78 bits per heavy atom. The molecule has 0 aromatic rings. The maximum absolute atomic E-state index is 11.8. The molecule has 0 aromatic heterocycles. The Morgan fingerprint density at radius 2 is 2.33 bits per heavy atom. The molecule has 0 radical (unpaired) electrons. The van der Waals surface area contributed by atoms with Crippen LogP contribution < -0.4 is 16.4 Å². The van der Waals surface area contributed by atoms with Crippen molar-refractivity contribution < 1.29 is 14.4 Å². The van der Waals surface area contributed by atoms with Crippen molar-refractivity contribution in [1.29, 1.82) is 5.26 Å². The van der Waals surface area contributed by atoms with Crippen molar-refractivity contribution in [2.24, 2.45) is 11.7 Å². The summed E-state index contributed by atoms with van der Waals surface area (Å²) in [5, 5.41) is 13.6. The van der Waals surface area contributed by atoms with Crippen LogP contribution in [0.5, 0.6) is 0 Å². The van der Waals surface area contributed by atoms with E-state index in [1.807, 2.05) is 6.07 Å². The summed E-state index contributed by atoms with van der Waals surface area (Å²) in [5.74, 6) is -1.67. The van der Waals surface area contributed by atoms with Gasteiger partial charge in [-0.2, -0.15) is 5.26 Å². The second-order valence-electron chi connectivity index (χ2n) is 4.39. The first-order valence-corrected chi connectivity index (χ1v) is 5.71. The Bertz CT molecular complexity index is 402. The third-order valence-corrected chi connectivity index (χ3v) is 2.90. The van der Waals surface area contributed by atoms with Gasteiger partial charge in [-0.15, -0.1) is 0 Å². The first-order valence-electron chi connectivity index (χ1n) is 5.71. The molecule has 4 N–H and O–H groups in total. The molecule has 1 saturated heterocycles. The lowest BCUT2D eigenvalue weighted by atomic mass is 9.98. The van der Waals surface area contributed by atoms with E-state index < -0.39 is 23.9 Å². The molecule has 0 aromatic carbocycles. The molecule has 0 saturated carbocycles. The molecule has 7 nitrogen and oxygen atoms in total. The quantitative estimate of drug-likeness (QED) is 0.567. The van der Waals surface area contributed by atoms with Crippen LogP contribution in [-0.2, 0) is 14.4 Å². The Hall–Kier alpha value is -2.10. The van der Waals surface area contributed by atoms with E-state index in [2.05, 4.69) is 10.6 Å². The fourth-order valence-electron chi connectivity index (χ4n) is 1.82. The molecule has 3 amide bonds. The highest BCUT2D eigenvalue weighted by atomic mass is 16.2. The molecular formula is C11H16N4O3. The van der Waals surface area contributed by atoms with E-state index >= 15 is 0 Å². The predicted molar refractivity (Wildman–Crippen MR) is 61.7 cm³/mol. The normalized spacial score (nSPS) is 21.6. The number of carbonyl (C=O) groups excluding carboxylic acids is 3. The number of hydrogen-bond donors (Lipinski definition) is 3. The van der Waals surface area contributed by atoms with Crippen molar-refractivity contribution in [2.75, 3.05) is 0 Å². The summed E-state index contributed by atoms with van der Waals surface area (Å²) >= 11 is 0. The fraction of sp³-hybridized carbons (Fsp3) is 0.636. The van der Waals surface area contributed by atoms with Crippen molar-refractivity contribution in [2.45, 2.75) is 38.3 Å². The van der Waals surface area contributed by atoms with Crippen LogP contribution in [0, 0.1) is 17.2 Å². The molecule has 18 heavy (non-hydrogen) atoms. The largest absolute Gasteiger partial charge is 0.368 e. The number of primary amides is 1. The van der Waals surface area contributed by atoms with E-state index in [0.29, 0.717) is 12.8 Å². The van der Waals surface area contributed by atoms with Gasteiger partial charge in [-0.05, 0) is 12.3 Å². The van der Waals surface area contributed by atoms with Crippen molar-refractivity contribution in [3.8, 4) is 6.07 Å². The Labute approximate surface area is 105 Å². The molecule has 98 valence electrons. The fourth-order valence-corrected chi connectivity index (χ4v) is 1.82. The number of nitrogens with one attached hydrogen (secondary N) is 2. The molecule has 7 heteroatoms. The predicted octanol–water partition coefficient (Wildman–Crippen LogP) is -1.22. The molecule has 1 aliphatic heterocycles. The molecule has 3 atom stereocenters. The van der Waals surface area contributed by atoms with Crippen LogP contribution in [0.2, 0.25) is 0 Å². The number of nitrogens with two attached hydrogens (primary N) is 1. The lowest BCUT2D eigenvalue weighted by molar-refractivity contribution is -0.130. The summed E-state index contributed by atoms with van der Waals surface area (Å²) in [6.07, 6.45) is 0.820. The molecular weight excluding hydrogens is 236 g/mol. The molecule has 0 unspecified atom stereocenters. The summed E-state index contributed by atoms with van der Waals surface area (Å²) in [6.45, 7) is 1.66. The minimum absolute atomic E-state index is 0.116. The van der Waals surface area contributed by atoms with Crippen LogP contribution in [0.3, 0.4) is 0 Å². The maximum Gasteiger partial charge on any atom is 0.243 e. The zero-order chi connectivity index (χ0) is 13.7. The highest BCUT2D eigenvalue weighted by Gasteiger charge is 2.31. The average Bonchev–Trinajstić information content (AvgIpc) is 2.72. The number of nitrogens with zero attached hydrogens (tertiary/aromatic N) is 1. The van der Waals surface area contributed by atoms with E-state index in [4.69, 9.17) is 11.0 Å². The van der Waals surface area contributed by atoms with Crippen LogP contribution in [0.25, 0.3) is 0 Å². The van der Waals surface area contributed by atoms with Gasteiger partial charge in [0.25, 0.3) is 0 Å². The van der Waals surface area contributed by atoms with Gasteiger partial charge in [-0.1, -0.05) is 6.92 Å². The van der Waals surface area contributed by atoms with Crippen LogP contribution in [0.4, 0.5) is 0 Å². The van der Waals surface area contributed by atoms with Crippen LogP contribution >= 0.6 is 0 Å². The van der Waals surface area contributed by atoms with E-state index in [1.54, 1.807) is 6.92 Å². The second kappa shape index (κ2) is 6.00. The molecule has 0 aliphatic carbocycles. The van der Waals surface area contributed by atoms with Gasteiger partial charge in [-0.25, -0.2) is 0 Å². The third kappa shape index (κ3) is 3.45. The molecule has 1 heterocycles. The summed E-state index contributed by atoms with van der Waals surface area (Å²) in [7, 11) is 0. The SMILES string of the molecule is C[C@@H](CC#N)[C@@H](NC(=O)[C@@H]1CCC(=O)N1)C(N)=O. The topological polar surface area (TPSA) is 125 Å². The highest BCUT2D eigenvalue weighted by molar-refractivity contribution is 5.93. The molecule has 1 fully saturated rings. The lowest BCUT2D eigenvalue weighted by Gasteiger charge is -2.22. The van der Waals surface area contributed by atoms with Crippen molar-refractivity contribution in [1.82, 2.24) is 10.6 Å². The zero-order valence-corrected chi connectivity index (χ0v) is 10.1. The second-order valence-corrected chi connectivity index (χ2v) is 4.39. The monoisotopic (exact) mass is 252 g/mol. The molecule has 0 bridgehead atoms. The van der Waals surface area contributed by atoms with Gasteiger partial charge in [-0.3, -0.25) is 14.4 Å². The molecule has 1 rings (SSSR count). The maximum atomic E-state index is 11.8. The van der Waals surface area contributed by atoms with Crippen molar-refractivity contribution >= 4 is 17.7 Å². The molecule has 0 spiro atoms. The Morgan fingerprint density at radius 1 is 1.67 bits per heavy atom.